The predicted octanol–water partition coefficient (Wildman–Crippen LogP) is 3.13. The number of nitrogens with two attached hydrogens (primary N) is 1. The first kappa shape index (κ1) is 12.4. The van der Waals surface area contributed by atoms with Gasteiger partial charge in [0, 0.05) is 5.56 Å². The fourth-order valence-corrected chi connectivity index (χ4v) is 2.08. The number of rotatable bonds is 2. The average Bonchev–Trinajstić information content (AvgIpc) is 2.82. The smallest absolute Gasteiger partial charge is 0.240 e. The van der Waals surface area contributed by atoms with Gasteiger partial charge in [0.25, 0.3) is 0 Å². The van der Waals surface area contributed by atoms with Crippen LogP contribution in [0.5, 0.6) is 0 Å². The van der Waals surface area contributed by atoms with E-state index in [-0.39, 0.29) is 5.95 Å². The van der Waals surface area contributed by atoms with Crippen molar-refractivity contribution in [2.24, 2.45) is 0 Å². The number of anilines is 1. The molecule has 1 aromatic heterocycles. The van der Waals surface area contributed by atoms with Crippen molar-refractivity contribution < 1.29 is 0 Å². The van der Waals surface area contributed by atoms with Gasteiger partial charge in [-0.15, -0.1) is 5.10 Å². The number of benzene rings is 2. The van der Waals surface area contributed by atoms with Crippen LogP contribution in [0.1, 0.15) is 11.1 Å². The Kier molecular flexibility index (Phi) is 2.99. The molecule has 0 saturated heterocycles. The van der Waals surface area contributed by atoms with Crippen LogP contribution in [-0.2, 0) is 0 Å². The molecule has 1 heterocycles. The van der Waals surface area contributed by atoms with E-state index in [0.29, 0.717) is 0 Å². The fraction of sp³-hybridized carbons (Fsp3) is 0.125. The molecule has 0 bridgehead atoms. The molecule has 0 aliphatic rings. The molecule has 0 amide bonds. The van der Waals surface area contributed by atoms with Crippen LogP contribution in [0.25, 0.3) is 17.1 Å². The van der Waals surface area contributed by atoms with E-state index in [0.717, 1.165) is 17.1 Å². The summed E-state index contributed by atoms with van der Waals surface area (Å²) < 4.78 is 1.78. The molecule has 0 radical (unpaired) electrons. The molecular weight excluding hydrogens is 248 g/mol. The number of nitrogen functional groups attached to an aromatic ring is 1. The van der Waals surface area contributed by atoms with Crippen molar-refractivity contribution in [1.29, 1.82) is 0 Å². The Hall–Kier alpha value is -2.62. The first-order valence-corrected chi connectivity index (χ1v) is 6.50. The second kappa shape index (κ2) is 4.81. The van der Waals surface area contributed by atoms with Crippen molar-refractivity contribution in [3.05, 3.63) is 59.7 Å². The summed E-state index contributed by atoms with van der Waals surface area (Å²) in [5.41, 5.74) is 10.1. The van der Waals surface area contributed by atoms with E-state index >= 15 is 0 Å². The quantitative estimate of drug-likeness (QED) is 0.773. The standard InChI is InChI=1S/C16H16N4/c1-11-3-7-13(8-4-11)15-18-16(17)19-20(15)14-9-5-12(2)6-10-14/h3-10H,1-2H3,(H2,17,19). The van der Waals surface area contributed by atoms with Crippen LogP contribution in [0.15, 0.2) is 48.5 Å². The summed E-state index contributed by atoms with van der Waals surface area (Å²) in [6, 6.07) is 16.3. The van der Waals surface area contributed by atoms with E-state index < -0.39 is 0 Å². The van der Waals surface area contributed by atoms with E-state index in [1.54, 1.807) is 4.68 Å². The number of hydrogen-bond acceptors (Lipinski definition) is 3. The summed E-state index contributed by atoms with van der Waals surface area (Å²) in [7, 11) is 0. The number of aryl methyl sites for hydroxylation is 2. The number of hydrogen-bond donors (Lipinski definition) is 1. The Morgan fingerprint density at radius 3 is 2.00 bits per heavy atom. The fourth-order valence-electron chi connectivity index (χ4n) is 2.08. The normalized spacial score (nSPS) is 10.7. The molecule has 20 heavy (non-hydrogen) atoms. The first-order chi connectivity index (χ1) is 9.63. The zero-order valence-corrected chi connectivity index (χ0v) is 11.5. The molecule has 2 N–H and O–H groups in total. The maximum absolute atomic E-state index is 5.77. The second-order valence-electron chi connectivity index (χ2n) is 4.91. The first-order valence-electron chi connectivity index (χ1n) is 6.50. The molecule has 0 saturated carbocycles. The Labute approximate surface area is 117 Å². The lowest BCUT2D eigenvalue weighted by Crippen LogP contribution is -2.00. The molecule has 0 spiro atoms. The van der Waals surface area contributed by atoms with Gasteiger partial charge in [0.15, 0.2) is 5.82 Å². The van der Waals surface area contributed by atoms with Crippen LogP contribution >= 0.6 is 0 Å². The minimum absolute atomic E-state index is 0.279. The highest BCUT2D eigenvalue weighted by atomic mass is 15.4. The van der Waals surface area contributed by atoms with E-state index in [9.17, 15) is 0 Å². The summed E-state index contributed by atoms with van der Waals surface area (Å²) in [6.07, 6.45) is 0. The maximum atomic E-state index is 5.77. The minimum Gasteiger partial charge on any atom is -0.366 e. The molecule has 0 aliphatic carbocycles. The third-order valence-electron chi connectivity index (χ3n) is 3.21. The lowest BCUT2D eigenvalue weighted by atomic mass is 10.1. The van der Waals surface area contributed by atoms with Crippen molar-refractivity contribution >= 4 is 5.95 Å². The van der Waals surface area contributed by atoms with Crippen LogP contribution in [0.4, 0.5) is 5.95 Å². The largest absolute Gasteiger partial charge is 0.366 e. The van der Waals surface area contributed by atoms with Gasteiger partial charge in [-0.1, -0.05) is 47.5 Å². The summed E-state index contributed by atoms with van der Waals surface area (Å²) in [5.74, 6) is 1.03. The third-order valence-corrected chi connectivity index (χ3v) is 3.21. The molecule has 3 rings (SSSR count). The van der Waals surface area contributed by atoms with Gasteiger partial charge < -0.3 is 5.73 Å². The lowest BCUT2D eigenvalue weighted by molar-refractivity contribution is 0.891. The molecule has 4 nitrogen and oxygen atoms in total. The summed E-state index contributed by atoms with van der Waals surface area (Å²) in [4.78, 5) is 4.34. The summed E-state index contributed by atoms with van der Waals surface area (Å²) in [6.45, 7) is 4.11. The monoisotopic (exact) mass is 264 g/mol. The highest BCUT2D eigenvalue weighted by Crippen LogP contribution is 2.22. The molecule has 0 unspecified atom stereocenters. The second-order valence-corrected chi connectivity index (χ2v) is 4.91. The van der Waals surface area contributed by atoms with E-state index in [1.165, 1.54) is 11.1 Å². The Morgan fingerprint density at radius 1 is 0.850 bits per heavy atom. The molecule has 2 aromatic carbocycles. The SMILES string of the molecule is Cc1ccc(-c2nc(N)nn2-c2ccc(C)cc2)cc1. The predicted molar refractivity (Wildman–Crippen MR) is 80.7 cm³/mol. The molecule has 0 fully saturated rings. The topological polar surface area (TPSA) is 56.7 Å². The van der Waals surface area contributed by atoms with Crippen LogP contribution in [0, 0.1) is 13.8 Å². The zero-order valence-electron chi connectivity index (χ0n) is 11.5. The van der Waals surface area contributed by atoms with Gasteiger partial charge in [0.05, 0.1) is 5.69 Å². The molecule has 4 heteroatoms. The van der Waals surface area contributed by atoms with Crippen molar-refractivity contribution in [2.45, 2.75) is 13.8 Å². The number of aromatic nitrogens is 3. The molecule has 3 aromatic rings. The van der Waals surface area contributed by atoms with Gasteiger partial charge in [0.1, 0.15) is 0 Å². The van der Waals surface area contributed by atoms with Gasteiger partial charge in [-0.2, -0.15) is 4.98 Å². The Bertz CT molecular complexity index is 661. The summed E-state index contributed by atoms with van der Waals surface area (Å²) >= 11 is 0. The van der Waals surface area contributed by atoms with E-state index in [4.69, 9.17) is 5.73 Å². The van der Waals surface area contributed by atoms with Gasteiger partial charge in [0.2, 0.25) is 5.95 Å². The van der Waals surface area contributed by atoms with Gasteiger partial charge >= 0.3 is 0 Å². The van der Waals surface area contributed by atoms with E-state index in [2.05, 4.69) is 36.1 Å². The van der Waals surface area contributed by atoms with Crippen molar-refractivity contribution in [1.82, 2.24) is 14.8 Å². The minimum atomic E-state index is 0.279. The van der Waals surface area contributed by atoms with E-state index in [1.807, 2.05) is 36.4 Å². The van der Waals surface area contributed by atoms with Crippen molar-refractivity contribution in [3.63, 3.8) is 0 Å². The van der Waals surface area contributed by atoms with Gasteiger partial charge in [-0.05, 0) is 26.0 Å². The van der Waals surface area contributed by atoms with Crippen LogP contribution < -0.4 is 5.73 Å². The van der Waals surface area contributed by atoms with Crippen molar-refractivity contribution in [2.75, 3.05) is 5.73 Å². The van der Waals surface area contributed by atoms with Crippen LogP contribution in [0.2, 0.25) is 0 Å². The Morgan fingerprint density at radius 2 is 1.40 bits per heavy atom. The van der Waals surface area contributed by atoms with Crippen LogP contribution in [0.3, 0.4) is 0 Å². The summed E-state index contributed by atoms with van der Waals surface area (Å²) in [5, 5.41) is 4.29. The Balaban J connectivity index is 2.12. The van der Waals surface area contributed by atoms with Crippen LogP contribution in [-0.4, -0.2) is 14.8 Å². The van der Waals surface area contributed by atoms with Gasteiger partial charge in [-0.25, -0.2) is 4.68 Å². The zero-order chi connectivity index (χ0) is 14.1. The average molecular weight is 264 g/mol. The van der Waals surface area contributed by atoms with Crippen molar-refractivity contribution in [3.8, 4) is 17.1 Å². The highest BCUT2D eigenvalue weighted by molar-refractivity contribution is 5.59. The molecule has 0 aliphatic heterocycles. The molecular formula is C16H16N4. The number of nitrogens with zero attached hydrogens (tertiary/aromatic N) is 3. The maximum Gasteiger partial charge on any atom is 0.240 e. The molecule has 0 atom stereocenters. The third kappa shape index (κ3) is 2.28. The molecule has 100 valence electrons. The lowest BCUT2D eigenvalue weighted by Gasteiger charge is -2.06. The highest BCUT2D eigenvalue weighted by Gasteiger charge is 2.11. The van der Waals surface area contributed by atoms with Gasteiger partial charge in [-0.3, -0.25) is 0 Å².